The third-order valence-corrected chi connectivity index (χ3v) is 4.86. The molecule has 1 heterocycles. The van der Waals surface area contributed by atoms with Crippen LogP contribution in [-0.2, 0) is 4.79 Å². The van der Waals surface area contributed by atoms with Gasteiger partial charge in [-0.3, -0.25) is 4.79 Å². The SMILES string of the molecule is COc1cc(/C=C2/SC(=S)NC2=O)ccc1O[C@H](C)c1ccccc1. The summed E-state index contributed by atoms with van der Waals surface area (Å²) in [5, 5.41) is 2.60. The first kappa shape index (κ1) is 17.5. The summed E-state index contributed by atoms with van der Waals surface area (Å²) in [5.41, 5.74) is 1.93. The molecule has 1 atom stereocenters. The number of hydrogen-bond donors (Lipinski definition) is 1. The number of thioether (sulfide) groups is 1. The van der Waals surface area contributed by atoms with Gasteiger partial charge in [0.15, 0.2) is 11.5 Å². The molecule has 0 unspecified atom stereocenters. The van der Waals surface area contributed by atoms with Gasteiger partial charge in [0, 0.05) is 0 Å². The van der Waals surface area contributed by atoms with Crippen molar-refractivity contribution in [3.05, 3.63) is 64.6 Å². The largest absolute Gasteiger partial charge is 0.493 e. The van der Waals surface area contributed by atoms with Crippen LogP contribution in [0.5, 0.6) is 11.5 Å². The molecule has 1 fully saturated rings. The van der Waals surface area contributed by atoms with E-state index in [1.807, 2.05) is 55.5 Å². The number of benzene rings is 2. The first-order valence-corrected chi connectivity index (χ1v) is 8.94. The Hall–Kier alpha value is -2.31. The van der Waals surface area contributed by atoms with Gasteiger partial charge in [-0.05, 0) is 36.3 Å². The Morgan fingerprint density at radius 3 is 2.56 bits per heavy atom. The van der Waals surface area contributed by atoms with Gasteiger partial charge in [0.25, 0.3) is 5.91 Å². The van der Waals surface area contributed by atoms with Crippen LogP contribution < -0.4 is 14.8 Å². The summed E-state index contributed by atoms with van der Waals surface area (Å²) in [6.45, 7) is 1.99. The van der Waals surface area contributed by atoms with Crippen LogP contribution >= 0.6 is 24.0 Å². The molecule has 128 valence electrons. The molecule has 1 N–H and O–H groups in total. The van der Waals surface area contributed by atoms with Crippen molar-refractivity contribution in [2.24, 2.45) is 0 Å². The van der Waals surface area contributed by atoms with Crippen molar-refractivity contribution in [2.45, 2.75) is 13.0 Å². The second-order valence-electron chi connectivity index (χ2n) is 5.43. The van der Waals surface area contributed by atoms with Crippen molar-refractivity contribution >= 4 is 40.3 Å². The molecule has 0 spiro atoms. The van der Waals surface area contributed by atoms with Crippen LogP contribution in [0.3, 0.4) is 0 Å². The Bertz CT molecular complexity index is 834. The fraction of sp³-hybridized carbons (Fsp3) is 0.158. The first-order valence-electron chi connectivity index (χ1n) is 7.71. The normalized spacial score (nSPS) is 16.6. The highest BCUT2D eigenvalue weighted by Crippen LogP contribution is 2.34. The van der Waals surface area contributed by atoms with Crippen LogP contribution in [0.15, 0.2) is 53.4 Å². The van der Waals surface area contributed by atoms with E-state index in [9.17, 15) is 4.79 Å². The van der Waals surface area contributed by atoms with Gasteiger partial charge in [0.05, 0.1) is 12.0 Å². The molecule has 1 aliphatic rings. The lowest BCUT2D eigenvalue weighted by molar-refractivity contribution is -0.115. The van der Waals surface area contributed by atoms with E-state index in [-0.39, 0.29) is 12.0 Å². The number of ether oxygens (including phenoxy) is 2. The van der Waals surface area contributed by atoms with Gasteiger partial charge < -0.3 is 14.8 Å². The molecule has 0 radical (unpaired) electrons. The van der Waals surface area contributed by atoms with E-state index in [1.165, 1.54) is 11.8 Å². The van der Waals surface area contributed by atoms with Crippen LogP contribution in [-0.4, -0.2) is 17.3 Å². The second kappa shape index (κ2) is 7.72. The van der Waals surface area contributed by atoms with Crippen molar-refractivity contribution in [3.8, 4) is 11.5 Å². The van der Waals surface area contributed by atoms with E-state index in [0.717, 1.165) is 11.1 Å². The fourth-order valence-corrected chi connectivity index (χ4v) is 3.47. The molecule has 0 aliphatic carbocycles. The first-order chi connectivity index (χ1) is 12.1. The van der Waals surface area contributed by atoms with Crippen LogP contribution in [0, 0.1) is 0 Å². The lowest BCUT2D eigenvalue weighted by Gasteiger charge is -2.17. The number of carbonyl (C=O) groups is 1. The summed E-state index contributed by atoms with van der Waals surface area (Å²) in [5.74, 6) is 1.09. The summed E-state index contributed by atoms with van der Waals surface area (Å²) >= 11 is 6.25. The Balaban J connectivity index is 1.81. The Kier molecular flexibility index (Phi) is 5.40. The summed E-state index contributed by atoms with van der Waals surface area (Å²) in [6.07, 6.45) is 1.68. The highest BCUT2D eigenvalue weighted by molar-refractivity contribution is 8.26. The second-order valence-corrected chi connectivity index (χ2v) is 7.15. The number of rotatable bonds is 5. The summed E-state index contributed by atoms with van der Waals surface area (Å²) in [7, 11) is 1.60. The van der Waals surface area contributed by atoms with Crippen LogP contribution in [0.4, 0.5) is 0 Å². The molecule has 0 aromatic heterocycles. The third kappa shape index (κ3) is 4.21. The molecule has 1 saturated heterocycles. The standard InChI is InChI=1S/C19H17NO3S2/c1-12(14-6-4-3-5-7-14)23-15-9-8-13(10-16(15)22-2)11-17-18(21)20-19(24)25-17/h3-12H,1-2H3,(H,20,21,24)/b17-11+/t12-/m1/s1. The van der Waals surface area contributed by atoms with Gasteiger partial charge in [-0.2, -0.15) is 0 Å². The topological polar surface area (TPSA) is 47.6 Å². The van der Waals surface area contributed by atoms with E-state index >= 15 is 0 Å². The monoisotopic (exact) mass is 371 g/mol. The van der Waals surface area contributed by atoms with Gasteiger partial charge in [0.2, 0.25) is 0 Å². The quantitative estimate of drug-likeness (QED) is 0.626. The predicted molar refractivity (Wildman–Crippen MR) is 105 cm³/mol. The number of methoxy groups -OCH3 is 1. The number of thiocarbonyl (C=S) groups is 1. The molecule has 4 nitrogen and oxygen atoms in total. The molecule has 25 heavy (non-hydrogen) atoms. The smallest absolute Gasteiger partial charge is 0.263 e. The van der Waals surface area contributed by atoms with Crippen LogP contribution in [0.25, 0.3) is 6.08 Å². The van der Waals surface area contributed by atoms with Crippen LogP contribution in [0.1, 0.15) is 24.2 Å². The number of carbonyl (C=O) groups excluding carboxylic acids is 1. The van der Waals surface area contributed by atoms with Crippen LogP contribution in [0.2, 0.25) is 0 Å². The maximum absolute atomic E-state index is 11.8. The van der Waals surface area contributed by atoms with Crippen molar-refractivity contribution in [1.29, 1.82) is 0 Å². The van der Waals surface area contributed by atoms with Gasteiger partial charge in [-0.15, -0.1) is 0 Å². The van der Waals surface area contributed by atoms with Crippen molar-refractivity contribution in [2.75, 3.05) is 7.11 Å². The molecule has 6 heteroatoms. The molecule has 2 aromatic carbocycles. The van der Waals surface area contributed by atoms with Crippen molar-refractivity contribution in [3.63, 3.8) is 0 Å². The molecule has 1 amide bonds. The number of amides is 1. The minimum absolute atomic E-state index is 0.104. The van der Waals surface area contributed by atoms with E-state index in [1.54, 1.807) is 13.2 Å². The zero-order valence-electron chi connectivity index (χ0n) is 13.8. The average molecular weight is 371 g/mol. The van der Waals surface area contributed by atoms with E-state index in [4.69, 9.17) is 21.7 Å². The predicted octanol–water partition coefficient (Wildman–Crippen LogP) is 4.32. The lowest BCUT2D eigenvalue weighted by atomic mass is 10.1. The van der Waals surface area contributed by atoms with E-state index < -0.39 is 0 Å². The molecule has 0 bridgehead atoms. The Labute approximate surface area is 156 Å². The van der Waals surface area contributed by atoms with Gasteiger partial charge >= 0.3 is 0 Å². The number of hydrogen-bond acceptors (Lipinski definition) is 5. The third-order valence-electron chi connectivity index (χ3n) is 3.70. The zero-order chi connectivity index (χ0) is 17.8. The molecule has 2 aromatic rings. The highest BCUT2D eigenvalue weighted by atomic mass is 32.2. The van der Waals surface area contributed by atoms with Crippen molar-refractivity contribution in [1.82, 2.24) is 5.32 Å². The number of nitrogens with one attached hydrogen (secondary N) is 1. The highest BCUT2D eigenvalue weighted by Gasteiger charge is 2.22. The minimum Gasteiger partial charge on any atom is -0.493 e. The molecular weight excluding hydrogens is 354 g/mol. The summed E-state index contributed by atoms with van der Waals surface area (Å²) in [6, 6.07) is 15.6. The molecule has 1 aliphatic heterocycles. The van der Waals surface area contributed by atoms with Crippen molar-refractivity contribution < 1.29 is 14.3 Å². The van der Waals surface area contributed by atoms with Gasteiger partial charge in [-0.25, -0.2) is 0 Å². The maximum atomic E-state index is 11.8. The zero-order valence-corrected chi connectivity index (χ0v) is 15.4. The van der Waals surface area contributed by atoms with Gasteiger partial charge in [0.1, 0.15) is 10.4 Å². The van der Waals surface area contributed by atoms with E-state index in [0.29, 0.717) is 20.7 Å². The Morgan fingerprint density at radius 2 is 1.92 bits per heavy atom. The molecule has 0 saturated carbocycles. The molecular formula is C19H17NO3S2. The van der Waals surface area contributed by atoms with E-state index in [2.05, 4.69) is 5.32 Å². The van der Waals surface area contributed by atoms with Gasteiger partial charge in [-0.1, -0.05) is 60.4 Å². The maximum Gasteiger partial charge on any atom is 0.263 e. The fourth-order valence-electron chi connectivity index (χ4n) is 2.43. The molecule has 3 rings (SSSR count). The minimum atomic E-state index is -0.174. The summed E-state index contributed by atoms with van der Waals surface area (Å²) in [4.78, 5) is 12.3. The Morgan fingerprint density at radius 1 is 1.16 bits per heavy atom. The summed E-state index contributed by atoms with van der Waals surface area (Å²) < 4.78 is 12.0. The average Bonchev–Trinajstić information content (AvgIpc) is 2.94. The lowest BCUT2D eigenvalue weighted by Crippen LogP contribution is -2.17.